The molecular weight excluding hydrogens is 559 g/mol. The number of ether oxygens (including phenoxy) is 3. The van der Waals surface area contributed by atoms with Gasteiger partial charge in [0.2, 0.25) is 0 Å². The largest absolute Gasteiger partial charge is 0.477 e. The lowest BCUT2D eigenvalue weighted by Crippen LogP contribution is -2.35. The van der Waals surface area contributed by atoms with Crippen molar-refractivity contribution in [1.82, 2.24) is 14.5 Å². The van der Waals surface area contributed by atoms with Gasteiger partial charge in [-0.1, -0.05) is 24.3 Å². The second-order valence-corrected chi connectivity index (χ2v) is 12.2. The molecule has 3 aliphatic heterocycles. The highest BCUT2D eigenvalue weighted by atomic mass is 32.1. The Bertz CT molecular complexity index is 1730. The summed E-state index contributed by atoms with van der Waals surface area (Å²) in [6.45, 7) is 12.7. The first kappa shape index (κ1) is 26.9. The lowest BCUT2D eigenvalue weighted by Gasteiger charge is -2.33. The molecule has 0 bridgehead atoms. The van der Waals surface area contributed by atoms with Gasteiger partial charge in [-0.25, -0.2) is 19.0 Å². The number of thiophene rings is 1. The predicted octanol–water partition coefficient (Wildman–Crippen LogP) is 6.30. The molecule has 42 heavy (non-hydrogen) atoms. The van der Waals surface area contributed by atoms with E-state index in [1.54, 1.807) is 25.1 Å². The van der Waals surface area contributed by atoms with Gasteiger partial charge in [-0.2, -0.15) is 0 Å². The molecule has 7 rings (SSSR count). The quantitative estimate of drug-likeness (QED) is 0.254. The van der Waals surface area contributed by atoms with Gasteiger partial charge in [-0.15, -0.1) is 11.3 Å². The summed E-state index contributed by atoms with van der Waals surface area (Å²) in [6.07, 6.45) is 2.95. The van der Waals surface area contributed by atoms with Crippen molar-refractivity contribution in [3.05, 3.63) is 81.5 Å². The van der Waals surface area contributed by atoms with Crippen molar-refractivity contribution in [2.75, 3.05) is 19.7 Å². The summed E-state index contributed by atoms with van der Waals surface area (Å²) < 4.78 is 35.2. The molecule has 4 aromatic rings. The SMILES string of the molecule is [C-]#[N+]c1ccc(C2(C)Oc3cccc(C4CCN(Cc5nc6sc(C(=O)O)cc6n5CC5CCO5)CC4)c3O2)c(F)c1. The Labute approximate surface area is 245 Å². The number of hydrogen-bond acceptors (Lipinski definition) is 7. The van der Waals surface area contributed by atoms with Gasteiger partial charge in [-0.05, 0) is 56.5 Å². The average Bonchev–Trinajstić information content (AvgIpc) is 3.62. The molecule has 0 amide bonds. The van der Waals surface area contributed by atoms with Gasteiger partial charge in [0.25, 0.3) is 5.79 Å². The molecule has 0 spiro atoms. The molecule has 2 aromatic heterocycles. The highest BCUT2D eigenvalue weighted by Gasteiger charge is 2.43. The molecule has 11 heteroatoms. The van der Waals surface area contributed by atoms with E-state index in [4.69, 9.17) is 25.8 Å². The Hall–Kier alpha value is -3.98. The van der Waals surface area contributed by atoms with Crippen molar-refractivity contribution < 1.29 is 28.5 Å². The smallest absolute Gasteiger partial charge is 0.346 e. The fourth-order valence-corrected chi connectivity index (χ4v) is 7.04. The molecule has 2 aromatic carbocycles. The van der Waals surface area contributed by atoms with E-state index in [-0.39, 0.29) is 23.3 Å². The van der Waals surface area contributed by atoms with E-state index in [1.807, 2.05) is 12.1 Å². The van der Waals surface area contributed by atoms with E-state index in [0.29, 0.717) is 29.5 Å². The topological polar surface area (TPSA) is 90.4 Å². The maximum Gasteiger partial charge on any atom is 0.346 e. The summed E-state index contributed by atoms with van der Waals surface area (Å²) in [5, 5.41) is 9.46. The number of halogens is 1. The monoisotopic (exact) mass is 588 g/mol. The van der Waals surface area contributed by atoms with Crippen molar-refractivity contribution in [1.29, 1.82) is 0 Å². The number of para-hydroxylation sites is 1. The van der Waals surface area contributed by atoms with Gasteiger partial charge in [-0.3, -0.25) is 4.90 Å². The van der Waals surface area contributed by atoms with Gasteiger partial charge in [0.1, 0.15) is 21.3 Å². The fraction of sp³-hybridized carbons (Fsp3) is 0.387. The van der Waals surface area contributed by atoms with Crippen LogP contribution in [0.15, 0.2) is 42.5 Å². The molecule has 2 fully saturated rings. The maximum atomic E-state index is 14.9. The average molecular weight is 589 g/mol. The van der Waals surface area contributed by atoms with Gasteiger partial charge in [0.15, 0.2) is 17.2 Å². The number of aromatic carboxylic acids is 1. The molecule has 5 heterocycles. The first-order valence-corrected chi connectivity index (χ1v) is 14.9. The molecule has 1 N–H and O–H groups in total. The first-order chi connectivity index (χ1) is 20.3. The van der Waals surface area contributed by atoms with Crippen LogP contribution in [0.4, 0.5) is 10.1 Å². The fourth-order valence-electron chi connectivity index (χ4n) is 6.15. The van der Waals surface area contributed by atoms with E-state index in [0.717, 1.165) is 60.7 Å². The molecule has 9 nitrogen and oxygen atoms in total. The van der Waals surface area contributed by atoms with Gasteiger partial charge in [0, 0.05) is 19.1 Å². The van der Waals surface area contributed by atoms with Crippen LogP contribution >= 0.6 is 11.3 Å². The molecule has 2 unspecified atom stereocenters. The second kappa shape index (κ2) is 10.4. The first-order valence-electron chi connectivity index (χ1n) is 14.1. The summed E-state index contributed by atoms with van der Waals surface area (Å²) in [7, 11) is 0. The van der Waals surface area contributed by atoms with Crippen LogP contribution in [-0.2, 0) is 23.6 Å². The lowest BCUT2D eigenvalue weighted by atomic mass is 9.88. The summed E-state index contributed by atoms with van der Waals surface area (Å²) in [4.78, 5) is 23.1. The molecule has 216 valence electrons. The molecule has 0 saturated carbocycles. The summed E-state index contributed by atoms with van der Waals surface area (Å²) in [6, 6.07) is 11.9. The number of nitrogens with zero attached hydrogens (tertiary/aromatic N) is 4. The minimum atomic E-state index is -1.32. The van der Waals surface area contributed by atoms with Crippen LogP contribution in [0.1, 0.15) is 58.7 Å². The Morgan fingerprint density at radius 3 is 2.71 bits per heavy atom. The highest BCUT2D eigenvalue weighted by Crippen LogP contribution is 2.50. The zero-order chi connectivity index (χ0) is 29.0. The van der Waals surface area contributed by atoms with Crippen molar-refractivity contribution in [3.8, 4) is 11.5 Å². The van der Waals surface area contributed by atoms with Crippen LogP contribution in [0.5, 0.6) is 11.5 Å². The highest BCUT2D eigenvalue weighted by molar-refractivity contribution is 7.20. The molecule has 3 aliphatic rings. The van der Waals surface area contributed by atoms with Crippen LogP contribution in [0.3, 0.4) is 0 Å². The summed E-state index contributed by atoms with van der Waals surface area (Å²) in [5.74, 6) is -0.362. The summed E-state index contributed by atoms with van der Waals surface area (Å²) in [5.41, 5.74) is 2.40. The van der Waals surface area contributed by atoms with E-state index < -0.39 is 17.6 Å². The third kappa shape index (κ3) is 4.69. The number of hydrogen-bond donors (Lipinski definition) is 1. The number of imidazole rings is 1. The van der Waals surface area contributed by atoms with Crippen molar-refractivity contribution >= 4 is 33.3 Å². The number of likely N-dealkylation sites (tertiary alicyclic amines) is 1. The van der Waals surface area contributed by atoms with E-state index in [9.17, 15) is 14.3 Å². The van der Waals surface area contributed by atoms with Crippen molar-refractivity contribution in [2.45, 2.75) is 57.1 Å². The van der Waals surface area contributed by atoms with Gasteiger partial charge >= 0.3 is 5.97 Å². The molecule has 2 saturated heterocycles. The standard InChI is InChI=1S/C31H29FN4O5S/c1-31(22-7-6-19(33-2)14-23(22)32)40-25-5-3-4-21(28(25)41-31)18-8-11-35(12-9-18)17-27-34-29-24(15-26(42-29)30(37)38)36(27)16-20-10-13-39-20/h3-7,14-15,18,20H,8-13,16-17H2,1H3,(H,37,38). The van der Waals surface area contributed by atoms with E-state index in [1.165, 1.54) is 17.4 Å². The minimum absolute atomic E-state index is 0.132. The zero-order valence-corrected chi connectivity index (χ0v) is 23.8. The van der Waals surface area contributed by atoms with Crippen molar-refractivity contribution in [2.24, 2.45) is 0 Å². The minimum Gasteiger partial charge on any atom is -0.477 e. The number of aromatic nitrogens is 2. The molecule has 0 radical (unpaired) electrons. The Balaban J connectivity index is 1.06. The second-order valence-electron chi connectivity index (χ2n) is 11.2. The van der Waals surface area contributed by atoms with Crippen LogP contribution in [0.25, 0.3) is 15.2 Å². The number of carbonyl (C=O) groups is 1. The van der Waals surface area contributed by atoms with E-state index in [2.05, 4.69) is 20.4 Å². The predicted molar refractivity (Wildman–Crippen MR) is 154 cm³/mol. The number of benzene rings is 2. The zero-order valence-electron chi connectivity index (χ0n) is 23.0. The third-order valence-corrected chi connectivity index (χ3v) is 9.50. The number of carboxylic acids is 1. The Morgan fingerprint density at radius 1 is 1.21 bits per heavy atom. The van der Waals surface area contributed by atoms with Crippen LogP contribution in [-0.4, -0.2) is 51.3 Å². The van der Waals surface area contributed by atoms with Crippen LogP contribution < -0.4 is 9.47 Å². The lowest BCUT2D eigenvalue weighted by molar-refractivity contribution is -0.0711. The number of rotatable bonds is 7. The number of carboxylic acid groups (broad SMARTS) is 1. The van der Waals surface area contributed by atoms with Gasteiger partial charge < -0.3 is 23.9 Å². The Morgan fingerprint density at radius 2 is 2.02 bits per heavy atom. The Kier molecular flexibility index (Phi) is 6.65. The molecular formula is C31H29FN4O5S. The normalized spacial score (nSPS) is 22.3. The number of piperidine rings is 1. The number of fused-ring (bicyclic) bond motifs is 2. The third-order valence-electron chi connectivity index (χ3n) is 8.49. The van der Waals surface area contributed by atoms with Crippen LogP contribution in [0, 0.1) is 12.4 Å². The summed E-state index contributed by atoms with van der Waals surface area (Å²) >= 11 is 1.21. The van der Waals surface area contributed by atoms with Gasteiger partial charge in [0.05, 0.1) is 36.8 Å². The van der Waals surface area contributed by atoms with Crippen molar-refractivity contribution in [3.63, 3.8) is 0 Å². The maximum absolute atomic E-state index is 14.9. The molecule has 0 aliphatic carbocycles. The van der Waals surface area contributed by atoms with Crippen LogP contribution in [0.2, 0.25) is 0 Å². The van der Waals surface area contributed by atoms with E-state index >= 15 is 0 Å². The molecule has 2 atom stereocenters.